The van der Waals surface area contributed by atoms with Crippen LogP contribution in [-0.2, 0) is 25.7 Å². The molecule has 300 valence electrons. The van der Waals surface area contributed by atoms with Crippen LogP contribution in [0.5, 0.6) is 11.5 Å². The second kappa shape index (κ2) is 19.9. The number of hydrogen-bond donors (Lipinski definition) is 4. The first-order valence-electron chi connectivity index (χ1n) is 18.9. The second-order valence-corrected chi connectivity index (χ2v) is 14.0. The van der Waals surface area contributed by atoms with Gasteiger partial charge in [-0.3, -0.25) is 15.0 Å². The Morgan fingerprint density at radius 2 is 1.82 bits per heavy atom. The molecule has 55 heavy (non-hydrogen) atoms. The topological polar surface area (TPSA) is 203 Å². The minimum Gasteiger partial charge on any atom is -0.508 e. The van der Waals surface area contributed by atoms with E-state index in [-0.39, 0.29) is 88.4 Å². The van der Waals surface area contributed by atoms with Crippen LogP contribution in [0, 0.1) is 27.9 Å². The highest BCUT2D eigenvalue weighted by atomic mass is 16.7. The Kier molecular flexibility index (Phi) is 15.0. The van der Waals surface area contributed by atoms with Crippen LogP contribution in [0.1, 0.15) is 62.0 Å². The van der Waals surface area contributed by atoms with Crippen LogP contribution in [-0.4, -0.2) is 107 Å². The molecule has 2 aromatic carbocycles. The molecule has 2 aliphatic carbocycles. The van der Waals surface area contributed by atoms with E-state index in [1.54, 1.807) is 36.4 Å². The number of nitro groups is 1. The van der Waals surface area contributed by atoms with Crippen LogP contribution in [0.2, 0.25) is 0 Å². The van der Waals surface area contributed by atoms with Crippen molar-refractivity contribution < 1.29 is 53.9 Å². The van der Waals surface area contributed by atoms with Gasteiger partial charge in [-0.1, -0.05) is 30.1 Å². The summed E-state index contributed by atoms with van der Waals surface area (Å²) in [7, 11) is 1.29. The predicted molar refractivity (Wildman–Crippen MR) is 202 cm³/mol. The fraction of sp³-hybridized carbons (Fsp3) is 0.550. The van der Waals surface area contributed by atoms with E-state index in [1.165, 1.54) is 24.1 Å². The smallest absolute Gasteiger partial charge is 0.410 e. The zero-order chi connectivity index (χ0) is 39.4. The maximum Gasteiger partial charge on any atom is 0.410 e. The van der Waals surface area contributed by atoms with E-state index in [2.05, 4.69) is 12.7 Å². The summed E-state index contributed by atoms with van der Waals surface area (Å²) in [5.41, 5.74) is 2.73. The third kappa shape index (κ3) is 9.47. The maximum absolute atomic E-state index is 13.8. The van der Waals surface area contributed by atoms with Crippen molar-refractivity contribution in [2.24, 2.45) is 22.9 Å². The van der Waals surface area contributed by atoms with E-state index < -0.39 is 28.8 Å². The number of fused-ring (bicyclic) bond motifs is 2. The highest BCUT2D eigenvalue weighted by molar-refractivity contribution is 6.03. The third-order valence-corrected chi connectivity index (χ3v) is 10.7. The summed E-state index contributed by atoms with van der Waals surface area (Å²) in [5.74, 6) is -1.93. The number of ether oxygens (including phenoxy) is 4. The number of nitro benzene ring substituents is 1. The van der Waals surface area contributed by atoms with Crippen LogP contribution in [0.15, 0.2) is 71.9 Å². The van der Waals surface area contributed by atoms with Gasteiger partial charge in [-0.2, -0.15) is 0 Å². The number of aliphatic hydroxyl groups is 3. The van der Waals surface area contributed by atoms with Gasteiger partial charge in [0.1, 0.15) is 24.1 Å². The molecule has 2 aromatic rings. The van der Waals surface area contributed by atoms with E-state index in [0.29, 0.717) is 29.9 Å². The van der Waals surface area contributed by atoms with Gasteiger partial charge in [0.2, 0.25) is 5.79 Å². The molecule has 1 saturated carbocycles. The molecule has 15 nitrogen and oxygen atoms in total. The Labute approximate surface area is 320 Å². The number of carbonyl (C=O) groups is 1. The lowest BCUT2D eigenvalue weighted by atomic mass is 9.55. The first kappa shape index (κ1) is 41.6. The molecule has 0 unspecified atom stereocenters. The number of nitrogens with zero attached hydrogens (tertiary/aromatic N) is 3. The molecule has 4 N–H and O–H groups in total. The number of allylic oxidation sites excluding steroid dienone is 1. The van der Waals surface area contributed by atoms with Crippen LogP contribution >= 0.6 is 0 Å². The standard InChI is InChI=1S/C40H53N3O12/c1-3-20-53-40-36(42(39(48)51-2)16-21-52-22-19-46)25-34(41-54-26-27-10-12-29(13-11-27)43(49)50)32-23-28(8-4-6-17-44)31(9-5-7-18-45)37(38(32)40)33-24-30(47)14-15-35(33)55-40/h3,10-15,23-24,28,31,36-38,44-47H,1,4-9,16-22,25-26H2,2H3/t28-,31+,36-,37+,38+,40+/m0/s1. The summed E-state index contributed by atoms with van der Waals surface area (Å²) in [6.07, 6.45) is 7.46. The molecule has 15 heteroatoms. The summed E-state index contributed by atoms with van der Waals surface area (Å²) in [4.78, 5) is 32.0. The highest BCUT2D eigenvalue weighted by Crippen LogP contribution is 2.61. The van der Waals surface area contributed by atoms with Crippen molar-refractivity contribution in [2.75, 3.05) is 53.3 Å². The van der Waals surface area contributed by atoms with Crippen molar-refractivity contribution in [3.63, 3.8) is 0 Å². The van der Waals surface area contributed by atoms with E-state index in [0.717, 1.165) is 36.8 Å². The number of aromatic hydroxyl groups is 1. The number of unbranched alkanes of at least 4 members (excludes halogenated alkanes) is 2. The number of rotatable bonds is 21. The fourth-order valence-electron chi connectivity index (χ4n) is 8.38. The number of benzene rings is 2. The van der Waals surface area contributed by atoms with Crippen LogP contribution in [0.3, 0.4) is 0 Å². The molecule has 5 rings (SSSR count). The van der Waals surface area contributed by atoms with Gasteiger partial charge in [0.15, 0.2) is 0 Å². The monoisotopic (exact) mass is 767 g/mol. The summed E-state index contributed by atoms with van der Waals surface area (Å²) in [5, 5.41) is 55.7. The number of phenolic OH excluding ortho intramolecular Hbond substituents is 1. The number of methoxy groups -OCH3 is 1. The molecule has 1 amide bonds. The number of hydrogen-bond acceptors (Lipinski definition) is 13. The third-order valence-electron chi connectivity index (χ3n) is 10.7. The van der Waals surface area contributed by atoms with Gasteiger partial charge in [0.25, 0.3) is 5.69 Å². The van der Waals surface area contributed by atoms with Gasteiger partial charge in [-0.15, -0.1) is 6.58 Å². The molecule has 0 aromatic heterocycles. The summed E-state index contributed by atoms with van der Waals surface area (Å²) >= 11 is 0. The molecule has 0 saturated heterocycles. The van der Waals surface area contributed by atoms with Crippen molar-refractivity contribution in [2.45, 2.75) is 69.3 Å². The first-order chi connectivity index (χ1) is 26.7. The molecule has 0 radical (unpaired) electrons. The van der Waals surface area contributed by atoms with Gasteiger partial charge < -0.3 is 44.2 Å². The number of amides is 1. The minimum absolute atomic E-state index is 0.00749. The lowest BCUT2D eigenvalue weighted by molar-refractivity contribution is -0.384. The largest absolute Gasteiger partial charge is 0.508 e. The number of aliphatic hydroxyl groups excluding tert-OH is 3. The van der Waals surface area contributed by atoms with Gasteiger partial charge in [-0.25, -0.2) is 4.79 Å². The number of phenols is 1. The average molecular weight is 768 g/mol. The zero-order valence-corrected chi connectivity index (χ0v) is 31.3. The highest BCUT2D eigenvalue weighted by Gasteiger charge is 2.65. The molecule has 3 aliphatic rings. The fourth-order valence-corrected chi connectivity index (χ4v) is 8.38. The van der Waals surface area contributed by atoms with Crippen LogP contribution < -0.4 is 4.74 Å². The molecule has 0 spiro atoms. The zero-order valence-electron chi connectivity index (χ0n) is 31.3. The summed E-state index contributed by atoms with van der Waals surface area (Å²) < 4.78 is 24.8. The molecular weight excluding hydrogens is 714 g/mol. The lowest BCUT2D eigenvalue weighted by Gasteiger charge is -2.59. The Morgan fingerprint density at radius 3 is 2.49 bits per heavy atom. The van der Waals surface area contributed by atoms with Gasteiger partial charge in [0, 0.05) is 49.8 Å². The summed E-state index contributed by atoms with van der Waals surface area (Å²) in [6.45, 7) is 4.10. The lowest BCUT2D eigenvalue weighted by Crippen LogP contribution is -2.70. The van der Waals surface area contributed by atoms with Crippen molar-refractivity contribution in [3.8, 4) is 11.5 Å². The molecule has 1 aliphatic heterocycles. The molecular formula is C40H53N3O12. The molecule has 6 atom stereocenters. The van der Waals surface area contributed by atoms with E-state index in [4.69, 9.17) is 28.9 Å². The van der Waals surface area contributed by atoms with Gasteiger partial charge in [0.05, 0.1) is 50.1 Å². The van der Waals surface area contributed by atoms with E-state index in [1.807, 2.05) is 0 Å². The Balaban J connectivity index is 1.71. The number of non-ortho nitro benzene ring substituents is 1. The van der Waals surface area contributed by atoms with E-state index in [9.17, 15) is 35.3 Å². The molecule has 1 fully saturated rings. The Hall–Kier alpha value is -4.54. The SMILES string of the molecule is C=CCO[C@@]12Oc3ccc(O)cc3[C@H]3[C@H](CCCCO)[C@@H](CCCCO)C=C(C(=NOCc4ccc([N+](=O)[O-])cc4)C[C@@H]1N(CCOCCO)C(=O)OC)[C@H]32. The average Bonchev–Trinajstić information content (AvgIpc) is 3.19. The Morgan fingerprint density at radius 1 is 1.07 bits per heavy atom. The minimum atomic E-state index is -1.53. The van der Waals surface area contributed by atoms with Crippen LogP contribution in [0.4, 0.5) is 10.5 Å². The van der Waals surface area contributed by atoms with E-state index >= 15 is 0 Å². The number of oxime groups is 1. The van der Waals surface area contributed by atoms with Gasteiger partial charge in [-0.05, 0) is 79.0 Å². The van der Waals surface area contributed by atoms with Crippen molar-refractivity contribution in [1.29, 1.82) is 0 Å². The maximum atomic E-state index is 13.8. The predicted octanol–water partition coefficient (Wildman–Crippen LogP) is 5.21. The van der Waals surface area contributed by atoms with Crippen molar-refractivity contribution in [1.82, 2.24) is 4.90 Å². The quantitative estimate of drug-likeness (QED) is 0.0560. The number of carbonyl (C=O) groups excluding carboxylic acids is 1. The first-order valence-corrected chi connectivity index (χ1v) is 18.9. The second-order valence-electron chi connectivity index (χ2n) is 14.0. The van der Waals surface area contributed by atoms with Crippen molar-refractivity contribution in [3.05, 3.63) is 88.0 Å². The normalized spacial score (nSPS) is 24.5. The Bertz CT molecular complexity index is 1670. The van der Waals surface area contributed by atoms with Crippen LogP contribution in [0.25, 0.3) is 0 Å². The van der Waals surface area contributed by atoms with Gasteiger partial charge >= 0.3 is 6.09 Å². The summed E-state index contributed by atoms with van der Waals surface area (Å²) in [6, 6.07) is 10.1. The molecule has 1 heterocycles. The van der Waals surface area contributed by atoms with Crippen molar-refractivity contribution >= 4 is 17.5 Å². The molecule has 0 bridgehead atoms.